The summed E-state index contributed by atoms with van der Waals surface area (Å²) < 4.78 is 64.1. The summed E-state index contributed by atoms with van der Waals surface area (Å²) in [6, 6.07) is 10.2. The van der Waals surface area contributed by atoms with E-state index in [1.807, 2.05) is 41.5 Å². The molecule has 0 saturated heterocycles. The number of aromatic nitrogens is 8. The number of nitrogens with zero attached hydrogens (tertiary/aromatic N) is 6. The summed E-state index contributed by atoms with van der Waals surface area (Å²) in [6.45, 7) is 11.7. The zero-order chi connectivity index (χ0) is 37.0. The molecule has 2 unspecified atom stereocenters. The maximum atomic E-state index is 15.3. The number of benzene rings is 2. The van der Waals surface area contributed by atoms with E-state index in [1.165, 1.54) is 12.7 Å². The fourth-order valence-corrected chi connectivity index (χ4v) is 6.48. The molecule has 2 N–H and O–H groups in total. The Labute approximate surface area is 301 Å². The Morgan fingerprint density at radius 3 is 1.51 bits per heavy atom. The number of rotatable bonds is 12. The van der Waals surface area contributed by atoms with E-state index in [-0.39, 0.29) is 48.7 Å². The SMILES string of the molecule is Cc1cc2c(F)c(Oc3ncnn4cc(OCC(C)OC(C)COc5cn6ncnc(Oc7ccc8[nH]c(C)cc8c7F)c6c5C)c(C)c34)ccc2[nH]1. The van der Waals surface area contributed by atoms with Crippen molar-refractivity contribution in [3.8, 4) is 34.8 Å². The topological polar surface area (TPSA) is 138 Å². The summed E-state index contributed by atoms with van der Waals surface area (Å²) >= 11 is 0. The molecule has 13 nitrogen and oxygen atoms in total. The second kappa shape index (κ2) is 13.4. The van der Waals surface area contributed by atoms with Crippen LogP contribution in [0.5, 0.6) is 34.8 Å². The van der Waals surface area contributed by atoms with Gasteiger partial charge in [0.2, 0.25) is 11.8 Å². The molecule has 8 aromatic rings. The van der Waals surface area contributed by atoms with Gasteiger partial charge in [0.1, 0.15) is 48.4 Å². The van der Waals surface area contributed by atoms with E-state index in [2.05, 4.69) is 30.1 Å². The number of fused-ring (bicyclic) bond motifs is 4. The molecule has 0 radical (unpaired) electrons. The standard InChI is InChI=1S/C38H36F2N8O5/c1-19-11-25-27(45-19)7-9-29(33(25)39)52-37-35-23(5)31(13-47(35)43-17-41-37)49-15-21(3)51-22(4)16-50-32-14-48-36(24(32)6)38(42-18-44-48)53-30-10-8-28-26(34(30)40)12-20(2)46-28/h7-14,17-18,21-22,45-46H,15-16H2,1-6H3. The monoisotopic (exact) mass is 722 g/mol. The highest BCUT2D eigenvalue weighted by Crippen LogP contribution is 2.36. The van der Waals surface area contributed by atoms with Crippen LogP contribution in [-0.4, -0.2) is 64.6 Å². The molecule has 0 saturated carbocycles. The molecule has 0 fully saturated rings. The van der Waals surface area contributed by atoms with Gasteiger partial charge in [0.05, 0.1) is 24.6 Å². The molecular weight excluding hydrogens is 686 g/mol. The molecule has 2 atom stereocenters. The number of H-pyrrole nitrogens is 2. The fourth-order valence-electron chi connectivity index (χ4n) is 6.48. The Kier molecular flexibility index (Phi) is 8.57. The van der Waals surface area contributed by atoms with Gasteiger partial charge in [0, 0.05) is 44.3 Å². The van der Waals surface area contributed by atoms with Gasteiger partial charge in [-0.15, -0.1) is 0 Å². The molecule has 0 amide bonds. The molecular formula is C38H36F2N8O5. The second-order valence-corrected chi connectivity index (χ2v) is 13.1. The summed E-state index contributed by atoms with van der Waals surface area (Å²) in [5.74, 6) is 0.678. The average molecular weight is 723 g/mol. The molecule has 8 rings (SSSR count). The Morgan fingerprint density at radius 2 is 1.08 bits per heavy atom. The zero-order valence-corrected chi connectivity index (χ0v) is 29.8. The number of nitrogens with one attached hydrogen (secondary N) is 2. The first kappa shape index (κ1) is 33.9. The molecule has 15 heteroatoms. The Balaban J connectivity index is 0.901. The number of hydrogen-bond donors (Lipinski definition) is 2. The van der Waals surface area contributed by atoms with Crippen molar-refractivity contribution in [2.45, 2.75) is 53.8 Å². The third-order valence-corrected chi connectivity index (χ3v) is 8.99. The van der Waals surface area contributed by atoms with E-state index < -0.39 is 11.6 Å². The number of ether oxygens (including phenoxy) is 5. The van der Waals surface area contributed by atoms with Crippen LogP contribution in [0.25, 0.3) is 32.8 Å². The maximum Gasteiger partial charge on any atom is 0.247 e. The van der Waals surface area contributed by atoms with E-state index in [1.54, 1.807) is 57.8 Å². The minimum atomic E-state index is -0.477. The average Bonchev–Trinajstić information content (AvgIpc) is 3.89. The van der Waals surface area contributed by atoms with Crippen molar-refractivity contribution in [2.75, 3.05) is 13.2 Å². The van der Waals surface area contributed by atoms with Crippen molar-refractivity contribution in [1.82, 2.24) is 39.2 Å². The highest BCUT2D eigenvalue weighted by Gasteiger charge is 2.21. The fraction of sp³-hybridized carbons (Fsp3) is 0.263. The minimum absolute atomic E-state index is 0.0554. The highest BCUT2D eigenvalue weighted by atomic mass is 19.1. The first-order valence-electron chi connectivity index (χ1n) is 17.0. The van der Waals surface area contributed by atoms with Gasteiger partial charge >= 0.3 is 0 Å². The molecule has 0 aliphatic rings. The zero-order valence-electron chi connectivity index (χ0n) is 29.8. The predicted octanol–water partition coefficient (Wildman–Crippen LogP) is 8.08. The van der Waals surface area contributed by atoms with Crippen molar-refractivity contribution in [2.24, 2.45) is 0 Å². The van der Waals surface area contributed by atoms with E-state index in [4.69, 9.17) is 23.7 Å². The van der Waals surface area contributed by atoms with Gasteiger partial charge < -0.3 is 33.7 Å². The van der Waals surface area contributed by atoms with Crippen molar-refractivity contribution < 1.29 is 32.5 Å². The largest absolute Gasteiger partial charge is 0.489 e. The molecule has 6 heterocycles. The quantitative estimate of drug-likeness (QED) is 0.128. The van der Waals surface area contributed by atoms with Crippen LogP contribution in [0.1, 0.15) is 36.4 Å². The lowest BCUT2D eigenvalue weighted by Gasteiger charge is -2.20. The van der Waals surface area contributed by atoms with Crippen LogP contribution in [0.2, 0.25) is 0 Å². The van der Waals surface area contributed by atoms with Gasteiger partial charge in [-0.1, -0.05) is 0 Å². The molecule has 6 aromatic heterocycles. The molecule has 0 bridgehead atoms. The maximum absolute atomic E-state index is 15.3. The summed E-state index contributed by atoms with van der Waals surface area (Å²) in [4.78, 5) is 14.8. The molecule has 0 aliphatic carbocycles. The van der Waals surface area contributed by atoms with Crippen molar-refractivity contribution in [1.29, 1.82) is 0 Å². The Hall–Kier alpha value is -6.22. The minimum Gasteiger partial charge on any atom is -0.489 e. The second-order valence-electron chi connectivity index (χ2n) is 13.1. The van der Waals surface area contributed by atoms with Crippen molar-refractivity contribution in [3.63, 3.8) is 0 Å². The Bertz CT molecular complexity index is 2460. The van der Waals surface area contributed by atoms with Crippen LogP contribution in [0.4, 0.5) is 8.78 Å². The van der Waals surface area contributed by atoms with Gasteiger partial charge in [-0.25, -0.2) is 17.8 Å². The van der Waals surface area contributed by atoms with Crippen molar-refractivity contribution in [3.05, 3.63) is 95.6 Å². The third-order valence-electron chi connectivity index (χ3n) is 8.99. The lowest BCUT2D eigenvalue weighted by atomic mass is 10.2. The van der Waals surface area contributed by atoms with Crippen LogP contribution in [0.15, 0.2) is 61.4 Å². The first-order chi connectivity index (χ1) is 25.5. The third kappa shape index (κ3) is 6.33. The van der Waals surface area contributed by atoms with Crippen LogP contribution < -0.4 is 18.9 Å². The number of halogens is 2. The van der Waals surface area contributed by atoms with Crippen LogP contribution >= 0.6 is 0 Å². The molecule has 272 valence electrons. The van der Waals surface area contributed by atoms with E-state index in [9.17, 15) is 0 Å². The van der Waals surface area contributed by atoms with Gasteiger partial charge in [0.15, 0.2) is 23.1 Å². The molecule has 2 aromatic carbocycles. The highest BCUT2D eigenvalue weighted by molar-refractivity contribution is 5.84. The first-order valence-corrected chi connectivity index (χ1v) is 17.0. The van der Waals surface area contributed by atoms with Crippen LogP contribution in [-0.2, 0) is 4.74 Å². The van der Waals surface area contributed by atoms with Crippen LogP contribution in [0.3, 0.4) is 0 Å². The summed E-state index contributed by atoms with van der Waals surface area (Å²) in [6.07, 6.45) is 5.53. The van der Waals surface area contributed by atoms with E-state index >= 15 is 8.78 Å². The summed E-state index contributed by atoms with van der Waals surface area (Å²) in [7, 11) is 0. The molecule has 0 aliphatic heterocycles. The molecule has 0 spiro atoms. The normalized spacial score (nSPS) is 13.0. The number of hydrogen-bond acceptors (Lipinski definition) is 9. The Morgan fingerprint density at radius 1 is 0.642 bits per heavy atom. The van der Waals surface area contributed by atoms with Gasteiger partial charge in [-0.3, -0.25) is 0 Å². The smallest absolute Gasteiger partial charge is 0.247 e. The lowest BCUT2D eigenvalue weighted by Crippen LogP contribution is -2.27. The van der Waals surface area contributed by atoms with Crippen LogP contribution in [0, 0.1) is 39.3 Å². The lowest BCUT2D eigenvalue weighted by molar-refractivity contribution is -0.0337. The van der Waals surface area contributed by atoms with Gasteiger partial charge in [-0.05, 0) is 77.9 Å². The summed E-state index contributed by atoms with van der Waals surface area (Å²) in [5.41, 5.74) is 5.64. The van der Waals surface area contributed by atoms with Crippen molar-refractivity contribution >= 4 is 32.8 Å². The number of aromatic amines is 2. The van der Waals surface area contributed by atoms with Gasteiger partial charge in [-0.2, -0.15) is 20.2 Å². The predicted molar refractivity (Wildman–Crippen MR) is 193 cm³/mol. The summed E-state index contributed by atoms with van der Waals surface area (Å²) in [5, 5.41) is 9.47. The van der Waals surface area contributed by atoms with E-state index in [0.717, 1.165) is 22.5 Å². The van der Waals surface area contributed by atoms with E-state index in [0.29, 0.717) is 44.3 Å². The number of aryl methyl sites for hydroxylation is 4. The van der Waals surface area contributed by atoms with Gasteiger partial charge in [0.25, 0.3) is 0 Å². The molecule has 53 heavy (non-hydrogen) atoms.